The molecule has 1 rings (SSSR count). The van der Waals surface area contributed by atoms with Crippen LogP contribution in [0, 0.1) is 0 Å². The molecule has 0 aliphatic heterocycles. The van der Waals surface area contributed by atoms with Gasteiger partial charge in [0.25, 0.3) is 0 Å². The van der Waals surface area contributed by atoms with Gasteiger partial charge in [0.1, 0.15) is 33.5 Å². The summed E-state index contributed by atoms with van der Waals surface area (Å²) in [4.78, 5) is 5.01. The summed E-state index contributed by atoms with van der Waals surface area (Å²) in [6.07, 6.45) is 1.46. The summed E-state index contributed by atoms with van der Waals surface area (Å²) in [6.45, 7) is 4.21. The fraction of sp³-hybridized carbons (Fsp3) is 0.357. The van der Waals surface area contributed by atoms with Crippen molar-refractivity contribution < 1.29 is 14.3 Å². The van der Waals surface area contributed by atoms with E-state index in [9.17, 15) is 0 Å². The predicted octanol–water partition coefficient (Wildman–Crippen LogP) is 6.14. The maximum absolute atomic E-state index is 6.15. The Labute approximate surface area is 159 Å². The van der Waals surface area contributed by atoms with E-state index in [2.05, 4.69) is 5.16 Å². The number of rotatable bonds is 8. The second kappa shape index (κ2) is 10.4. The van der Waals surface area contributed by atoms with Crippen LogP contribution in [0.25, 0.3) is 0 Å². The molecule has 0 heterocycles. The minimum atomic E-state index is 0.0863. The first-order valence-corrected chi connectivity index (χ1v) is 8.29. The van der Waals surface area contributed by atoms with Gasteiger partial charge in [-0.25, -0.2) is 0 Å². The highest BCUT2D eigenvalue weighted by molar-refractivity contribution is 6.55. The molecule has 0 aliphatic rings. The van der Waals surface area contributed by atoms with Gasteiger partial charge >= 0.3 is 0 Å². The first-order valence-electron chi connectivity index (χ1n) is 6.40. The van der Waals surface area contributed by atoms with Crippen LogP contribution in [0.5, 0.6) is 11.5 Å². The SMILES string of the molecule is CC(C)=NOCCOc1c(Cl)cc(OCC=C(Cl)Cl)c(Cl)c1Cl. The van der Waals surface area contributed by atoms with Crippen molar-refractivity contribution in [1.82, 2.24) is 0 Å². The van der Waals surface area contributed by atoms with Gasteiger partial charge in [-0.2, -0.15) is 0 Å². The van der Waals surface area contributed by atoms with Crippen LogP contribution in [0.15, 0.2) is 21.8 Å². The number of benzene rings is 1. The maximum Gasteiger partial charge on any atom is 0.158 e. The molecule has 0 aliphatic carbocycles. The van der Waals surface area contributed by atoms with Gasteiger partial charge in [-0.1, -0.05) is 63.2 Å². The molecule has 1 aromatic rings. The molecule has 0 amide bonds. The molecule has 0 N–H and O–H groups in total. The molecule has 4 nitrogen and oxygen atoms in total. The van der Waals surface area contributed by atoms with E-state index >= 15 is 0 Å². The normalized spacial score (nSPS) is 10.0. The fourth-order valence-corrected chi connectivity index (χ4v) is 2.21. The van der Waals surface area contributed by atoms with Gasteiger partial charge in [-0.3, -0.25) is 0 Å². The molecule has 0 bridgehead atoms. The zero-order chi connectivity index (χ0) is 17.4. The zero-order valence-electron chi connectivity index (χ0n) is 12.3. The molecule has 0 atom stereocenters. The first kappa shape index (κ1) is 20.5. The molecule has 128 valence electrons. The van der Waals surface area contributed by atoms with E-state index < -0.39 is 0 Å². The number of nitrogens with zero attached hydrogens (tertiary/aromatic N) is 1. The zero-order valence-corrected chi connectivity index (χ0v) is 16.1. The molecule has 0 saturated heterocycles. The lowest BCUT2D eigenvalue weighted by Crippen LogP contribution is -2.06. The number of hydrogen-bond acceptors (Lipinski definition) is 4. The molecule has 0 fully saturated rings. The standard InChI is InChI=1S/C14H14Cl5NO3/c1-8(2)20-23-6-5-22-14-9(15)7-10(12(18)13(14)19)21-4-3-11(16)17/h3,7H,4-6H2,1-2H3. The van der Waals surface area contributed by atoms with Crippen molar-refractivity contribution in [1.29, 1.82) is 0 Å². The van der Waals surface area contributed by atoms with Gasteiger partial charge in [0.05, 0.1) is 10.7 Å². The summed E-state index contributed by atoms with van der Waals surface area (Å²) in [5, 5.41) is 4.35. The molecule has 0 aromatic heterocycles. The largest absolute Gasteiger partial charge is 0.488 e. The second-order valence-electron chi connectivity index (χ2n) is 4.34. The highest BCUT2D eigenvalue weighted by atomic mass is 35.5. The Hall–Kier alpha value is -0.520. The van der Waals surface area contributed by atoms with Gasteiger partial charge in [0.15, 0.2) is 12.4 Å². The van der Waals surface area contributed by atoms with Gasteiger partial charge < -0.3 is 14.3 Å². The molecule has 0 radical (unpaired) electrons. The molecule has 9 heteroatoms. The minimum Gasteiger partial charge on any atom is -0.488 e. The van der Waals surface area contributed by atoms with Gasteiger partial charge in [0, 0.05) is 6.07 Å². The van der Waals surface area contributed by atoms with Gasteiger partial charge in [0.2, 0.25) is 0 Å². The van der Waals surface area contributed by atoms with Gasteiger partial charge in [-0.05, 0) is 19.9 Å². The Balaban J connectivity index is 2.73. The van der Waals surface area contributed by atoms with Crippen LogP contribution in [0.1, 0.15) is 13.8 Å². The number of ether oxygens (including phenoxy) is 2. The smallest absolute Gasteiger partial charge is 0.158 e. The Morgan fingerprint density at radius 2 is 1.78 bits per heavy atom. The third kappa shape index (κ3) is 7.27. The van der Waals surface area contributed by atoms with E-state index in [4.69, 9.17) is 72.3 Å². The molecule has 1 aromatic carbocycles. The Kier molecular flexibility index (Phi) is 9.25. The van der Waals surface area contributed by atoms with Crippen molar-refractivity contribution in [2.75, 3.05) is 19.8 Å². The van der Waals surface area contributed by atoms with Crippen molar-refractivity contribution in [2.24, 2.45) is 5.16 Å². The van der Waals surface area contributed by atoms with E-state index in [1.807, 2.05) is 13.8 Å². The van der Waals surface area contributed by atoms with Crippen LogP contribution in [0.4, 0.5) is 0 Å². The lowest BCUT2D eigenvalue weighted by atomic mass is 10.3. The summed E-state index contributed by atoms with van der Waals surface area (Å²) in [5.74, 6) is 0.541. The van der Waals surface area contributed by atoms with Crippen molar-refractivity contribution in [3.05, 3.63) is 31.7 Å². The van der Waals surface area contributed by atoms with Crippen molar-refractivity contribution >= 4 is 63.7 Å². The topological polar surface area (TPSA) is 40.0 Å². The molecule has 23 heavy (non-hydrogen) atoms. The van der Waals surface area contributed by atoms with Crippen molar-refractivity contribution in [2.45, 2.75) is 13.8 Å². The summed E-state index contributed by atoms with van der Waals surface area (Å²) >= 11 is 29.4. The van der Waals surface area contributed by atoms with Crippen molar-refractivity contribution in [3.63, 3.8) is 0 Å². The Morgan fingerprint density at radius 3 is 2.39 bits per heavy atom. The molecular weight excluding hydrogens is 407 g/mol. The van der Waals surface area contributed by atoms with Gasteiger partial charge in [-0.15, -0.1) is 0 Å². The third-order valence-electron chi connectivity index (χ3n) is 2.23. The molecular formula is C14H14Cl5NO3. The molecule has 0 spiro atoms. The number of hydrogen-bond donors (Lipinski definition) is 0. The lowest BCUT2D eigenvalue weighted by molar-refractivity contribution is 0.107. The summed E-state index contributed by atoms with van der Waals surface area (Å²) in [5.41, 5.74) is 0.803. The fourth-order valence-electron chi connectivity index (χ4n) is 1.34. The monoisotopic (exact) mass is 419 g/mol. The number of oxime groups is 1. The average Bonchev–Trinajstić information content (AvgIpc) is 2.46. The minimum absolute atomic E-state index is 0.0863. The van der Waals surface area contributed by atoms with Crippen molar-refractivity contribution in [3.8, 4) is 11.5 Å². The second-order valence-corrected chi connectivity index (χ2v) is 6.51. The van der Waals surface area contributed by atoms with E-state index in [0.29, 0.717) is 5.75 Å². The van der Waals surface area contributed by atoms with Crippen LogP contribution in [-0.4, -0.2) is 25.5 Å². The molecule has 0 saturated carbocycles. The van der Waals surface area contributed by atoms with Crippen LogP contribution in [0.2, 0.25) is 15.1 Å². The highest BCUT2D eigenvalue weighted by Gasteiger charge is 2.17. The third-order valence-corrected chi connectivity index (χ3v) is 3.65. The quantitative estimate of drug-likeness (QED) is 0.219. The Bertz CT molecular complexity index is 597. The highest BCUT2D eigenvalue weighted by Crippen LogP contribution is 2.44. The maximum atomic E-state index is 6.15. The van der Waals surface area contributed by atoms with Crippen LogP contribution >= 0.6 is 58.0 Å². The van der Waals surface area contributed by atoms with Crippen LogP contribution in [0.3, 0.4) is 0 Å². The average molecular weight is 422 g/mol. The lowest BCUT2D eigenvalue weighted by Gasteiger charge is -2.14. The number of halogens is 5. The van der Waals surface area contributed by atoms with E-state index in [0.717, 1.165) is 5.71 Å². The Morgan fingerprint density at radius 1 is 1.09 bits per heavy atom. The van der Waals surface area contributed by atoms with E-state index in [1.54, 1.807) is 0 Å². The summed E-state index contributed by atoms with van der Waals surface area (Å²) in [6, 6.07) is 1.50. The summed E-state index contributed by atoms with van der Waals surface area (Å²) < 4.78 is 11.0. The predicted molar refractivity (Wildman–Crippen MR) is 97.0 cm³/mol. The molecule has 0 unspecified atom stereocenters. The first-order chi connectivity index (χ1) is 10.8. The van der Waals surface area contributed by atoms with Crippen LogP contribution < -0.4 is 9.47 Å². The summed E-state index contributed by atoms with van der Waals surface area (Å²) in [7, 11) is 0. The van der Waals surface area contributed by atoms with E-state index in [1.165, 1.54) is 12.1 Å². The van der Waals surface area contributed by atoms with E-state index in [-0.39, 0.29) is 45.1 Å². The van der Waals surface area contributed by atoms with Crippen LogP contribution in [-0.2, 0) is 4.84 Å².